The van der Waals surface area contributed by atoms with Gasteiger partial charge in [-0.05, 0) is 30.4 Å². The van der Waals surface area contributed by atoms with Crippen LogP contribution in [0.15, 0.2) is 18.8 Å². The van der Waals surface area contributed by atoms with Crippen molar-refractivity contribution >= 4 is 5.57 Å². The first kappa shape index (κ1) is 13.0. The second-order valence-electron chi connectivity index (χ2n) is 5.31. The average Bonchev–Trinajstić information content (AvgIpc) is 2.59. The fourth-order valence-electron chi connectivity index (χ4n) is 1.46. The molecule has 0 bridgehead atoms. The number of aryl methyl sites for hydroxylation is 1. The molecule has 90 valence electrons. The van der Waals surface area contributed by atoms with Crippen molar-refractivity contribution in [3.63, 3.8) is 0 Å². The van der Waals surface area contributed by atoms with Crippen LogP contribution < -0.4 is 0 Å². The highest BCUT2D eigenvalue weighted by atomic mass is 16.3. The van der Waals surface area contributed by atoms with Crippen LogP contribution in [-0.4, -0.2) is 21.0 Å². The number of aliphatic hydroxyl groups excluding tert-OH is 1. The van der Waals surface area contributed by atoms with Crippen molar-refractivity contribution in [3.8, 4) is 0 Å². The molecule has 0 spiro atoms. The maximum atomic E-state index is 9.28. The van der Waals surface area contributed by atoms with E-state index < -0.39 is 0 Å². The molecular formula is C13H22N2O. The van der Waals surface area contributed by atoms with Crippen LogP contribution in [0, 0.1) is 5.41 Å². The van der Waals surface area contributed by atoms with Gasteiger partial charge in [-0.25, -0.2) is 0 Å². The van der Waals surface area contributed by atoms with Crippen molar-refractivity contribution in [2.45, 2.75) is 46.8 Å². The van der Waals surface area contributed by atoms with E-state index in [9.17, 15) is 5.11 Å². The van der Waals surface area contributed by atoms with E-state index in [4.69, 9.17) is 0 Å². The van der Waals surface area contributed by atoms with Gasteiger partial charge in [0.1, 0.15) is 0 Å². The molecule has 3 heteroatoms. The molecule has 0 radical (unpaired) electrons. The Bertz CT molecular complexity index is 358. The Balaban J connectivity index is 2.82. The number of hydrogen-bond acceptors (Lipinski definition) is 2. The van der Waals surface area contributed by atoms with Gasteiger partial charge in [0.25, 0.3) is 0 Å². The van der Waals surface area contributed by atoms with Gasteiger partial charge in [-0.15, -0.1) is 0 Å². The van der Waals surface area contributed by atoms with Crippen LogP contribution in [0.3, 0.4) is 0 Å². The van der Waals surface area contributed by atoms with Crippen LogP contribution in [0.25, 0.3) is 5.57 Å². The molecule has 1 rings (SSSR count). The molecule has 0 aliphatic rings. The second kappa shape index (κ2) is 4.83. The summed E-state index contributed by atoms with van der Waals surface area (Å²) < 4.78 is 1.92. The first-order chi connectivity index (χ1) is 7.32. The Hall–Kier alpha value is -1.09. The fourth-order valence-corrected chi connectivity index (χ4v) is 1.46. The molecule has 1 heterocycles. The van der Waals surface area contributed by atoms with Crippen LogP contribution >= 0.6 is 0 Å². The number of rotatable bonds is 4. The van der Waals surface area contributed by atoms with Crippen molar-refractivity contribution in [3.05, 3.63) is 24.5 Å². The first-order valence-electron chi connectivity index (χ1n) is 5.72. The quantitative estimate of drug-likeness (QED) is 0.850. The van der Waals surface area contributed by atoms with E-state index in [-0.39, 0.29) is 11.5 Å². The SMILES string of the molecule is C=C(c1ccnn1CCC(C)O)C(C)(C)C. The highest BCUT2D eigenvalue weighted by molar-refractivity contribution is 5.64. The highest BCUT2D eigenvalue weighted by Gasteiger charge is 2.19. The molecule has 0 saturated carbocycles. The minimum atomic E-state index is -0.292. The van der Waals surface area contributed by atoms with E-state index in [1.165, 1.54) is 0 Å². The van der Waals surface area contributed by atoms with E-state index in [1.54, 1.807) is 13.1 Å². The second-order valence-corrected chi connectivity index (χ2v) is 5.31. The van der Waals surface area contributed by atoms with E-state index in [2.05, 4.69) is 32.4 Å². The average molecular weight is 222 g/mol. The third-order valence-electron chi connectivity index (χ3n) is 2.69. The molecular weight excluding hydrogens is 200 g/mol. The summed E-state index contributed by atoms with van der Waals surface area (Å²) in [6, 6.07) is 1.98. The first-order valence-corrected chi connectivity index (χ1v) is 5.72. The van der Waals surface area contributed by atoms with Crippen LogP contribution in [0.1, 0.15) is 39.8 Å². The highest BCUT2D eigenvalue weighted by Crippen LogP contribution is 2.31. The van der Waals surface area contributed by atoms with Crippen LogP contribution in [-0.2, 0) is 6.54 Å². The smallest absolute Gasteiger partial charge is 0.0641 e. The Morgan fingerprint density at radius 2 is 2.19 bits per heavy atom. The van der Waals surface area contributed by atoms with Crippen LogP contribution in [0.2, 0.25) is 0 Å². The molecule has 1 atom stereocenters. The van der Waals surface area contributed by atoms with Gasteiger partial charge in [0.2, 0.25) is 0 Å². The zero-order valence-electron chi connectivity index (χ0n) is 10.7. The molecule has 1 unspecified atom stereocenters. The van der Waals surface area contributed by atoms with E-state index >= 15 is 0 Å². The molecule has 0 aromatic carbocycles. The summed E-state index contributed by atoms with van der Waals surface area (Å²) in [7, 11) is 0. The Morgan fingerprint density at radius 1 is 1.56 bits per heavy atom. The lowest BCUT2D eigenvalue weighted by Crippen LogP contribution is -2.14. The lowest BCUT2D eigenvalue weighted by Gasteiger charge is -2.22. The number of nitrogens with zero attached hydrogens (tertiary/aromatic N) is 2. The normalized spacial score (nSPS) is 13.8. The van der Waals surface area contributed by atoms with Crippen LogP contribution in [0.5, 0.6) is 0 Å². The molecule has 0 fully saturated rings. The van der Waals surface area contributed by atoms with Crippen LogP contribution in [0.4, 0.5) is 0 Å². The number of aliphatic hydroxyl groups is 1. The predicted octanol–water partition coefficient (Wildman–Crippen LogP) is 2.71. The molecule has 0 aliphatic heterocycles. The third-order valence-corrected chi connectivity index (χ3v) is 2.69. The zero-order valence-corrected chi connectivity index (χ0v) is 10.7. The third kappa shape index (κ3) is 3.20. The summed E-state index contributed by atoms with van der Waals surface area (Å²) >= 11 is 0. The lowest BCUT2D eigenvalue weighted by atomic mass is 9.85. The van der Waals surface area contributed by atoms with Gasteiger partial charge in [0.15, 0.2) is 0 Å². The molecule has 0 saturated heterocycles. The molecule has 0 amide bonds. The lowest BCUT2D eigenvalue weighted by molar-refractivity contribution is 0.176. The van der Waals surface area contributed by atoms with Crippen molar-refractivity contribution < 1.29 is 5.11 Å². The topological polar surface area (TPSA) is 38.0 Å². The fraction of sp³-hybridized carbons (Fsp3) is 0.615. The maximum absolute atomic E-state index is 9.28. The van der Waals surface area contributed by atoms with Crippen molar-refractivity contribution in [1.82, 2.24) is 9.78 Å². The molecule has 1 N–H and O–H groups in total. The van der Waals surface area contributed by atoms with Gasteiger partial charge >= 0.3 is 0 Å². The minimum absolute atomic E-state index is 0.0443. The standard InChI is InChI=1S/C13H22N2O/c1-10(16)7-9-15-12(6-8-14-15)11(2)13(3,4)5/h6,8,10,16H,2,7,9H2,1,3-5H3. The summed E-state index contributed by atoms with van der Waals surface area (Å²) in [4.78, 5) is 0. The van der Waals surface area contributed by atoms with Gasteiger partial charge < -0.3 is 5.11 Å². The molecule has 0 aliphatic carbocycles. The Kier molecular flexibility index (Phi) is 3.92. The predicted molar refractivity (Wildman–Crippen MR) is 67.0 cm³/mol. The summed E-state index contributed by atoms with van der Waals surface area (Å²) in [6.07, 6.45) is 2.21. The van der Waals surface area contributed by atoms with Gasteiger partial charge in [0.05, 0.1) is 11.8 Å². The molecule has 1 aromatic heterocycles. The number of hydrogen-bond donors (Lipinski definition) is 1. The number of aromatic nitrogens is 2. The van der Waals surface area contributed by atoms with Crippen molar-refractivity contribution in [2.75, 3.05) is 0 Å². The van der Waals surface area contributed by atoms with Gasteiger partial charge in [-0.1, -0.05) is 27.4 Å². The zero-order chi connectivity index (χ0) is 12.3. The number of allylic oxidation sites excluding steroid dienone is 1. The van der Waals surface area contributed by atoms with E-state index in [0.717, 1.165) is 17.8 Å². The Labute approximate surface area is 97.8 Å². The monoisotopic (exact) mass is 222 g/mol. The molecule has 3 nitrogen and oxygen atoms in total. The maximum Gasteiger partial charge on any atom is 0.0641 e. The largest absolute Gasteiger partial charge is 0.393 e. The van der Waals surface area contributed by atoms with Gasteiger partial charge in [-0.2, -0.15) is 5.10 Å². The summed E-state index contributed by atoms with van der Waals surface area (Å²) in [5.74, 6) is 0. The summed E-state index contributed by atoms with van der Waals surface area (Å²) in [5, 5.41) is 13.5. The van der Waals surface area contributed by atoms with Crippen molar-refractivity contribution in [2.24, 2.45) is 5.41 Å². The Morgan fingerprint density at radius 3 is 2.69 bits per heavy atom. The van der Waals surface area contributed by atoms with E-state index in [1.807, 2.05) is 10.7 Å². The van der Waals surface area contributed by atoms with Gasteiger partial charge in [-0.3, -0.25) is 4.68 Å². The molecule has 16 heavy (non-hydrogen) atoms. The molecule has 1 aromatic rings. The minimum Gasteiger partial charge on any atom is -0.393 e. The van der Waals surface area contributed by atoms with Gasteiger partial charge in [0, 0.05) is 12.7 Å². The summed E-state index contributed by atoms with van der Waals surface area (Å²) in [6.45, 7) is 13.1. The van der Waals surface area contributed by atoms with E-state index in [0.29, 0.717) is 6.42 Å². The van der Waals surface area contributed by atoms with Crippen molar-refractivity contribution in [1.29, 1.82) is 0 Å². The summed E-state index contributed by atoms with van der Waals surface area (Å²) in [5.41, 5.74) is 2.19.